The van der Waals surface area contributed by atoms with E-state index in [1.165, 1.54) is 10.4 Å². The molecule has 0 aliphatic carbocycles. The first-order valence-electron chi connectivity index (χ1n) is 6.66. The lowest BCUT2D eigenvalue weighted by Crippen LogP contribution is -2.16. The van der Waals surface area contributed by atoms with Crippen LogP contribution in [0, 0.1) is 0 Å². The molecule has 0 bridgehead atoms. The van der Waals surface area contributed by atoms with E-state index < -0.39 is 0 Å². The van der Waals surface area contributed by atoms with Crippen molar-refractivity contribution in [2.45, 2.75) is 32.9 Å². The molecule has 2 rings (SSSR count). The Morgan fingerprint density at radius 3 is 2.45 bits per heavy atom. The molecule has 20 heavy (non-hydrogen) atoms. The molecule has 0 spiro atoms. The lowest BCUT2D eigenvalue weighted by Gasteiger charge is -2.15. The quantitative estimate of drug-likeness (QED) is 0.878. The third-order valence-electron chi connectivity index (χ3n) is 3.11. The normalized spacial score (nSPS) is 11.1. The minimum atomic E-state index is 0.416. The van der Waals surface area contributed by atoms with Crippen molar-refractivity contribution in [2.75, 3.05) is 11.9 Å². The Labute approximate surface area is 133 Å². The maximum atomic E-state index is 5.82. The van der Waals surface area contributed by atoms with Crippen molar-refractivity contribution in [1.82, 2.24) is 4.98 Å². The molecule has 0 radical (unpaired) electrons. The van der Waals surface area contributed by atoms with Gasteiger partial charge in [0, 0.05) is 29.5 Å². The van der Waals surface area contributed by atoms with Gasteiger partial charge in [0.25, 0.3) is 0 Å². The molecule has 108 valence electrons. The summed E-state index contributed by atoms with van der Waals surface area (Å²) in [5.74, 6) is 0.416. The number of rotatable bonds is 5. The second kappa shape index (κ2) is 6.70. The van der Waals surface area contributed by atoms with E-state index in [2.05, 4.69) is 66.0 Å². The van der Waals surface area contributed by atoms with Crippen LogP contribution in [-0.4, -0.2) is 12.0 Å². The van der Waals surface area contributed by atoms with Gasteiger partial charge in [-0.1, -0.05) is 41.9 Å². The summed E-state index contributed by atoms with van der Waals surface area (Å²) in [5, 5.41) is 1.04. The zero-order valence-electron chi connectivity index (χ0n) is 12.1. The second-order valence-corrected chi connectivity index (χ2v) is 7.12. The monoisotopic (exact) mass is 353 g/mol. The number of nitrogens with two attached hydrogens (primary N) is 1. The van der Waals surface area contributed by atoms with Crippen molar-refractivity contribution in [1.29, 1.82) is 0 Å². The molecule has 2 aromatic rings. The summed E-state index contributed by atoms with van der Waals surface area (Å²) >= 11 is 5.16. The molecule has 0 saturated heterocycles. The third kappa shape index (κ3) is 3.59. The standard InChI is InChI=1S/C15H20BrN3S/c1-10(2)14-13(8-17)20-15(18-14)19(3)9-11-4-6-12(16)7-5-11/h4-7,10H,8-9,17H2,1-3H3. The van der Waals surface area contributed by atoms with Gasteiger partial charge in [0.15, 0.2) is 5.13 Å². The SMILES string of the molecule is CC(C)c1nc(N(C)Cc2ccc(Br)cc2)sc1CN. The number of nitrogens with zero attached hydrogens (tertiary/aromatic N) is 2. The molecule has 0 amide bonds. The number of anilines is 1. The van der Waals surface area contributed by atoms with E-state index >= 15 is 0 Å². The molecular weight excluding hydrogens is 334 g/mol. The molecule has 0 unspecified atom stereocenters. The molecule has 0 saturated carbocycles. The van der Waals surface area contributed by atoms with Gasteiger partial charge in [-0.15, -0.1) is 11.3 Å². The van der Waals surface area contributed by atoms with Gasteiger partial charge in [-0.2, -0.15) is 0 Å². The smallest absolute Gasteiger partial charge is 0.185 e. The van der Waals surface area contributed by atoms with E-state index in [1.54, 1.807) is 11.3 Å². The predicted molar refractivity (Wildman–Crippen MR) is 90.3 cm³/mol. The Morgan fingerprint density at radius 1 is 1.30 bits per heavy atom. The first-order valence-corrected chi connectivity index (χ1v) is 8.27. The van der Waals surface area contributed by atoms with E-state index in [-0.39, 0.29) is 0 Å². The number of hydrogen-bond donors (Lipinski definition) is 1. The topological polar surface area (TPSA) is 42.2 Å². The van der Waals surface area contributed by atoms with Crippen LogP contribution in [0.5, 0.6) is 0 Å². The van der Waals surface area contributed by atoms with E-state index in [4.69, 9.17) is 10.7 Å². The van der Waals surface area contributed by atoms with Gasteiger partial charge < -0.3 is 10.6 Å². The molecule has 1 aromatic heterocycles. The minimum absolute atomic E-state index is 0.416. The zero-order valence-corrected chi connectivity index (χ0v) is 14.5. The molecular formula is C15H20BrN3S. The largest absolute Gasteiger partial charge is 0.347 e. The van der Waals surface area contributed by atoms with E-state index in [1.807, 2.05) is 0 Å². The Kier molecular flexibility index (Phi) is 5.18. The van der Waals surface area contributed by atoms with Crippen molar-refractivity contribution in [3.05, 3.63) is 44.9 Å². The molecule has 1 aromatic carbocycles. The molecule has 2 N–H and O–H groups in total. The number of benzene rings is 1. The minimum Gasteiger partial charge on any atom is -0.347 e. The van der Waals surface area contributed by atoms with Gasteiger partial charge in [0.1, 0.15) is 0 Å². The fourth-order valence-electron chi connectivity index (χ4n) is 2.04. The van der Waals surface area contributed by atoms with Gasteiger partial charge in [0.2, 0.25) is 0 Å². The Hall–Kier alpha value is -0.910. The molecule has 0 fully saturated rings. The average Bonchev–Trinajstić information content (AvgIpc) is 2.86. The van der Waals surface area contributed by atoms with Crippen LogP contribution in [0.3, 0.4) is 0 Å². The second-order valence-electron chi connectivity index (χ2n) is 5.15. The van der Waals surface area contributed by atoms with Crippen LogP contribution in [0.1, 0.15) is 35.9 Å². The summed E-state index contributed by atoms with van der Waals surface area (Å²) in [6, 6.07) is 8.38. The van der Waals surface area contributed by atoms with Crippen molar-refractivity contribution >= 4 is 32.4 Å². The number of hydrogen-bond acceptors (Lipinski definition) is 4. The summed E-state index contributed by atoms with van der Waals surface area (Å²) in [5.41, 5.74) is 8.22. The van der Waals surface area contributed by atoms with Crippen LogP contribution in [-0.2, 0) is 13.1 Å². The Morgan fingerprint density at radius 2 is 1.95 bits per heavy atom. The fraction of sp³-hybridized carbons (Fsp3) is 0.400. The van der Waals surface area contributed by atoms with E-state index in [0.717, 1.165) is 21.8 Å². The first kappa shape index (κ1) is 15.5. The summed E-state index contributed by atoms with van der Waals surface area (Å²) in [4.78, 5) is 8.12. The van der Waals surface area contributed by atoms with Crippen LogP contribution in [0.15, 0.2) is 28.7 Å². The molecule has 0 atom stereocenters. The number of thiazole rings is 1. The lowest BCUT2D eigenvalue weighted by atomic mass is 10.1. The van der Waals surface area contributed by atoms with Gasteiger partial charge in [-0.25, -0.2) is 4.98 Å². The number of halogens is 1. The molecule has 0 aliphatic heterocycles. The molecule has 3 nitrogen and oxygen atoms in total. The number of aromatic nitrogens is 1. The van der Waals surface area contributed by atoms with Gasteiger partial charge in [-0.05, 0) is 23.6 Å². The van der Waals surface area contributed by atoms with Crippen LogP contribution >= 0.6 is 27.3 Å². The summed E-state index contributed by atoms with van der Waals surface area (Å²) in [6.07, 6.45) is 0. The van der Waals surface area contributed by atoms with Crippen molar-refractivity contribution in [3.8, 4) is 0 Å². The zero-order chi connectivity index (χ0) is 14.7. The van der Waals surface area contributed by atoms with Crippen LogP contribution < -0.4 is 10.6 Å². The van der Waals surface area contributed by atoms with Crippen LogP contribution in [0.25, 0.3) is 0 Å². The molecule has 1 heterocycles. The highest BCUT2D eigenvalue weighted by atomic mass is 79.9. The van der Waals surface area contributed by atoms with Crippen LogP contribution in [0.2, 0.25) is 0 Å². The van der Waals surface area contributed by atoms with Crippen LogP contribution in [0.4, 0.5) is 5.13 Å². The highest BCUT2D eigenvalue weighted by Gasteiger charge is 2.15. The average molecular weight is 354 g/mol. The Balaban J connectivity index is 2.16. The fourth-order valence-corrected chi connectivity index (χ4v) is 3.36. The first-order chi connectivity index (χ1) is 9.51. The Bertz CT molecular complexity index is 563. The van der Waals surface area contributed by atoms with Crippen molar-refractivity contribution < 1.29 is 0 Å². The molecule has 0 aliphatic rings. The third-order valence-corrected chi connectivity index (χ3v) is 4.84. The van der Waals surface area contributed by atoms with E-state index in [0.29, 0.717) is 12.5 Å². The van der Waals surface area contributed by atoms with Gasteiger partial charge in [-0.3, -0.25) is 0 Å². The van der Waals surface area contributed by atoms with Crippen molar-refractivity contribution in [2.24, 2.45) is 5.73 Å². The van der Waals surface area contributed by atoms with E-state index in [9.17, 15) is 0 Å². The molecule has 5 heteroatoms. The van der Waals surface area contributed by atoms with Gasteiger partial charge >= 0.3 is 0 Å². The predicted octanol–water partition coefficient (Wildman–Crippen LogP) is 4.12. The maximum Gasteiger partial charge on any atom is 0.185 e. The maximum absolute atomic E-state index is 5.82. The summed E-state index contributed by atoms with van der Waals surface area (Å²) in [6.45, 7) is 5.74. The summed E-state index contributed by atoms with van der Waals surface area (Å²) < 4.78 is 1.10. The van der Waals surface area contributed by atoms with Gasteiger partial charge in [0.05, 0.1) is 5.69 Å². The highest BCUT2D eigenvalue weighted by molar-refractivity contribution is 9.10. The highest BCUT2D eigenvalue weighted by Crippen LogP contribution is 2.30. The summed E-state index contributed by atoms with van der Waals surface area (Å²) in [7, 11) is 2.07. The lowest BCUT2D eigenvalue weighted by molar-refractivity contribution is 0.805. The van der Waals surface area contributed by atoms with Crippen molar-refractivity contribution in [3.63, 3.8) is 0 Å².